The van der Waals surface area contributed by atoms with Crippen LogP contribution in [0.15, 0.2) is 84.1 Å². The van der Waals surface area contributed by atoms with Crippen molar-refractivity contribution >= 4 is 23.4 Å². The first-order valence-electron chi connectivity index (χ1n) is 8.11. The van der Waals surface area contributed by atoms with Crippen molar-refractivity contribution in [3.8, 4) is 17.1 Å². The molecule has 0 radical (unpaired) electrons. The first kappa shape index (κ1) is 16.8. The van der Waals surface area contributed by atoms with Crippen molar-refractivity contribution in [2.24, 2.45) is 0 Å². The summed E-state index contributed by atoms with van der Waals surface area (Å²) in [6.45, 7) is 0. The molecule has 0 bridgehead atoms. The molecule has 2 aromatic heterocycles. The van der Waals surface area contributed by atoms with Crippen LogP contribution in [0.1, 0.15) is 5.56 Å². The molecule has 4 rings (SSSR count). The Balaban J connectivity index is 1.70. The second-order valence-corrected chi connectivity index (χ2v) is 6.95. The van der Waals surface area contributed by atoms with Gasteiger partial charge in [0.05, 0.1) is 0 Å². The van der Waals surface area contributed by atoms with E-state index in [1.54, 1.807) is 24.0 Å². The van der Waals surface area contributed by atoms with Crippen LogP contribution >= 0.6 is 23.4 Å². The molecule has 4 nitrogen and oxygen atoms in total. The fourth-order valence-electron chi connectivity index (χ4n) is 2.59. The standard InChI is InChI=1S/C20H15ClN4S/c21-18-12-11-15(13-22-18)14-26-20-24-23-19(16-7-3-1-4-8-16)25(20)17-9-5-2-6-10-17/h1-13H,14H2. The molecule has 0 unspecified atom stereocenters. The normalized spacial score (nSPS) is 10.8. The number of aromatic nitrogens is 4. The number of rotatable bonds is 5. The summed E-state index contributed by atoms with van der Waals surface area (Å²) in [6.07, 6.45) is 1.79. The molecule has 0 aliphatic heterocycles. The summed E-state index contributed by atoms with van der Waals surface area (Å²) in [4.78, 5) is 4.13. The molecule has 0 amide bonds. The summed E-state index contributed by atoms with van der Waals surface area (Å²) in [5.41, 5.74) is 3.15. The zero-order chi connectivity index (χ0) is 17.8. The minimum absolute atomic E-state index is 0.498. The maximum absolute atomic E-state index is 5.86. The highest BCUT2D eigenvalue weighted by Gasteiger charge is 2.16. The van der Waals surface area contributed by atoms with Crippen molar-refractivity contribution in [1.82, 2.24) is 19.7 Å². The molecular weight excluding hydrogens is 364 g/mol. The Bertz CT molecular complexity index is 986. The van der Waals surface area contributed by atoms with E-state index >= 15 is 0 Å². The van der Waals surface area contributed by atoms with Crippen molar-refractivity contribution in [3.63, 3.8) is 0 Å². The minimum atomic E-state index is 0.498. The second kappa shape index (κ2) is 7.72. The highest BCUT2D eigenvalue weighted by atomic mass is 35.5. The van der Waals surface area contributed by atoms with Gasteiger partial charge in [-0.25, -0.2) is 4.98 Å². The molecule has 0 N–H and O–H groups in total. The van der Waals surface area contributed by atoms with Crippen molar-refractivity contribution in [1.29, 1.82) is 0 Å². The second-order valence-electron chi connectivity index (χ2n) is 5.62. The van der Waals surface area contributed by atoms with Crippen molar-refractivity contribution < 1.29 is 0 Å². The minimum Gasteiger partial charge on any atom is -0.270 e. The fourth-order valence-corrected chi connectivity index (χ4v) is 3.58. The quantitative estimate of drug-likeness (QED) is 0.350. The molecule has 0 spiro atoms. The first-order valence-corrected chi connectivity index (χ1v) is 9.47. The van der Waals surface area contributed by atoms with Crippen LogP contribution in [0.5, 0.6) is 0 Å². The Morgan fingerprint density at radius 3 is 2.27 bits per heavy atom. The zero-order valence-electron chi connectivity index (χ0n) is 13.8. The van der Waals surface area contributed by atoms with Gasteiger partial charge in [0.2, 0.25) is 0 Å². The third-order valence-corrected chi connectivity index (χ3v) is 5.06. The number of pyridine rings is 1. The van der Waals surface area contributed by atoms with Gasteiger partial charge in [0.25, 0.3) is 0 Å². The van der Waals surface area contributed by atoms with Crippen LogP contribution in [0.25, 0.3) is 17.1 Å². The smallest absolute Gasteiger partial charge is 0.196 e. The molecule has 4 aromatic rings. The van der Waals surface area contributed by atoms with Crippen LogP contribution in [0.2, 0.25) is 5.15 Å². The van der Waals surface area contributed by atoms with Gasteiger partial charge in [-0.2, -0.15) is 0 Å². The van der Waals surface area contributed by atoms with Gasteiger partial charge in [-0.15, -0.1) is 10.2 Å². The van der Waals surface area contributed by atoms with Crippen molar-refractivity contribution in [2.75, 3.05) is 0 Å². The number of thioether (sulfide) groups is 1. The van der Waals surface area contributed by atoms with Gasteiger partial charge < -0.3 is 0 Å². The van der Waals surface area contributed by atoms with E-state index in [0.717, 1.165) is 33.5 Å². The maximum atomic E-state index is 5.86. The van der Waals surface area contributed by atoms with Crippen molar-refractivity contribution in [3.05, 3.63) is 89.7 Å². The SMILES string of the molecule is Clc1ccc(CSc2nnc(-c3ccccc3)n2-c2ccccc2)cn1. The monoisotopic (exact) mass is 378 g/mol. The summed E-state index contributed by atoms with van der Waals surface area (Å²) in [5, 5.41) is 10.2. The van der Waals surface area contributed by atoms with Gasteiger partial charge in [-0.1, -0.05) is 78.0 Å². The molecule has 0 aliphatic carbocycles. The molecule has 0 saturated heterocycles. The largest absolute Gasteiger partial charge is 0.270 e. The molecule has 2 aromatic carbocycles. The average molecular weight is 379 g/mol. The van der Waals surface area contributed by atoms with Gasteiger partial charge >= 0.3 is 0 Å². The number of hydrogen-bond donors (Lipinski definition) is 0. The lowest BCUT2D eigenvalue weighted by Crippen LogP contribution is -1.99. The predicted molar refractivity (Wildman–Crippen MR) is 106 cm³/mol. The Kier molecular flexibility index (Phi) is 5.00. The van der Waals surface area contributed by atoms with Crippen LogP contribution in [0, 0.1) is 0 Å². The van der Waals surface area contributed by atoms with Crippen LogP contribution in [-0.4, -0.2) is 19.7 Å². The number of para-hydroxylation sites is 1. The Labute approximate surface area is 160 Å². The van der Waals surface area contributed by atoms with Crippen LogP contribution in [0.4, 0.5) is 0 Å². The molecule has 0 aliphatic rings. The predicted octanol–water partition coefficient (Wildman–Crippen LogP) is 5.28. The van der Waals surface area contributed by atoms with Crippen LogP contribution < -0.4 is 0 Å². The van der Waals surface area contributed by atoms with Gasteiger partial charge in [0, 0.05) is 23.2 Å². The van der Waals surface area contributed by atoms with Crippen LogP contribution in [-0.2, 0) is 5.75 Å². The lowest BCUT2D eigenvalue weighted by molar-refractivity contribution is 0.886. The maximum Gasteiger partial charge on any atom is 0.196 e. The van der Waals surface area contributed by atoms with E-state index in [2.05, 4.69) is 31.9 Å². The number of halogens is 1. The Morgan fingerprint density at radius 1 is 0.846 bits per heavy atom. The summed E-state index contributed by atoms with van der Waals surface area (Å²) in [5.74, 6) is 1.57. The van der Waals surface area contributed by atoms with Gasteiger partial charge in [0.15, 0.2) is 11.0 Å². The van der Waals surface area contributed by atoms with E-state index in [4.69, 9.17) is 11.6 Å². The van der Waals surface area contributed by atoms with Crippen LogP contribution in [0.3, 0.4) is 0 Å². The van der Waals surface area contributed by atoms with Gasteiger partial charge in [0.1, 0.15) is 5.15 Å². The summed E-state index contributed by atoms with van der Waals surface area (Å²) >= 11 is 7.48. The molecule has 0 atom stereocenters. The lowest BCUT2D eigenvalue weighted by atomic mass is 10.2. The third-order valence-electron chi connectivity index (χ3n) is 3.84. The first-order chi connectivity index (χ1) is 12.8. The fraction of sp³-hybridized carbons (Fsp3) is 0.0500. The van der Waals surface area contributed by atoms with E-state index in [1.165, 1.54) is 0 Å². The third kappa shape index (κ3) is 3.64. The summed E-state index contributed by atoms with van der Waals surface area (Å²) < 4.78 is 2.09. The molecule has 128 valence electrons. The molecule has 2 heterocycles. The number of nitrogens with zero attached hydrogens (tertiary/aromatic N) is 4. The zero-order valence-corrected chi connectivity index (χ0v) is 15.4. The molecular formula is C20H15ClN4S. The lowest BCUT2D eigenvalue weighted by Gasteiger charge is -2.10. The van der Waals surface area contributed by atoms with E-state index in [1.807, 2.05) is 54.6 Å². The average Bonchev–Trinajstić information content (AvgIpc) is 3.13. The highest BCUT2D eigenvalue weighted by Crippen LogP contribution is 2.29. The number of benzene rings is 2. The van der Waals surface area contributed by atoms with E-state index in [0.29, 0.717) is 5.15 Å². The van der Waals surface area contributed by atoms with E-state index in [-0.39, 0.29) is 0 Å². The van der Waals surface area contributed by atoms with Gasteiger partial charge in [-0.05, 0) is 23.8 Å². The Hall–Kier alpha value is -2.63. The molecule has 6 heteroatoms. The molecule has 0 fully saturated rings. The van der Waals surface area contributed by atoms with Crippen molar-refractivity contribution in [2.45, 2.75) is 10.9 Å². The highest BCUT2D eigenvalue weighted by molar-refractivity contribution is 7.98. The Morgan fingerprint density at radius 2 is 1.58 bits per heavy atom. The molecule has 0 saturated carbocycles. The topological polar surface area (TPSA) is 43.6 Å². The summed E-state index contributed by atoms with van der Waals surface area (Å²) in [6, 6.07) is 24.0. The van der Waals surface area contributed by atoms with E-state index < -0.39 is 0 Å². The summed E-state index contributed by atoms with van der Waals surface area (Å²) in [7, 11) is 0. The molecule has 26 heavy (non-hydrogen) atoms. The number of hydrogen-bond acceptors (Lipinski definition) is 4. The van der Waals surface area contributed by atoms with Gasteiger partial charge in [-0.3, -0.25) is 4.57 Å². The van der Waals surface area contributed by atoms with E-state index in [9.17, 15) is 0 Å².